The van der Waals surface area contributed by atoms with E-state index < -0.39 is 0 Å². The van der Waals surface area contributed by atoms with E-state index in [-0.39, 0.29) is 0 Å². The Morgan fingerprint density at radius 2 is 2.19 bits per heavy atom. The molecule has 16 heavy (non-hydrogen) atoms. The van der Waals surface area contributed by atoms with Crippen molar-refractivity contribution < 1.29 is 4.74 Å². The Kier molecular flexibility index (Phi) is 5.16. The zero-order valence-corrected chi connectivity index (χ0v) is 9.36. The van der Waals surface area contributed by atoms with Gasteiger partial charge >= 0.3 is 0 Å². The molecule has 86 valence electrons. The Morgan fingerprint density at radius 1 is 1.38 bits per heavy atom. The lowest BCUT2D eigenvalue weighted by Crippen LogP contribution is -2.28. The predicted octanol–water partition coefficient (Wildman–Crippen LogP) is 0.0774. The van der Waals surface area contributed by atoms with Crippen LogP contribution < -0.4 is 26.6 Å². The molecule has 3 nitrogen and oxygen atoms in total. The van der Waals surface area contributed by atoms with E-state index in [9.17, 15) is 0 Å². The molecule has 0 atom stereocenters. The number of rotatable bonds is 5. The summed E-state index contributed by atoms with van der Waals surface area (Å²) in [7, 11) is 0. The third-order valence-electron chi connectivity index (χ3n) is 2.17. The molecule has 1 aromatic rings. The van der Waals surface area contributed by atoms with Gasteiger partial charge in [0.2, 0.25) is 0 Å². The standard InChI is InChI=1S/C13H18N2O/c1-2-5-12-11(10-15)6-3-7-13(12)16-9-4-8-14/h2-3,5-7,10H,1,4,8-9,14-15H2/b11-10-,12-5+. The van der Waals surface area contributed by atoms with E-state index in [1.165, 1.54) is 0 Å². The molecule has 0 heterocycles. The average Bonchev–Trinajstić information content (AvgIpc) is 2.31. The lowest BCUT2D eigenvalue weighted by atomic mass is 10.2. The van der Waals surface area contributed by atoms with Gasteiger partial charge in [-0.1, -0.05) is 30.9 Å². The minimum atomic E-state index is 0.614. The highest BCUT2D eigenvalue weighted by Gasteiger charge is 1.96. The fraction of sp³-hybridized carbons (Fsp3) is 0.231. The van der Waals surface area contributed by atoms with Crippen LogP contribution in [0, 0.1) is 0 Å². The van der Waals surface area contributed by atoms with Gasteiger partial charge in [0.25, 0.3) is 0 Å². The molecule has 3 heteroatoms. The highest BCUT2D eigenvalue weighted by molar-refractivity contribution is 5.44. The molecule has 0 bridgehead atoms. The summed E-state index contributed by atoms with van der Waals surface area (Å²) in [5.74, 6) is 0.813. The van der Waals surface area contributed by atoms with Crippen molar-refractivity contribution >= 4 is 12.3 Å². The van der Waals surface area contributed by atoms with Crippen LogP contribution >= 0.6 is 0 Å². The maximum absolute atomic E-state index is 5.64. The number of nitrogens with two attached hydrogens (primary N) is 2. The van der Waals surface area contributed by atoms with E-state index in [4.69, 9.17) is 16.2 Å². The second kappa shape index (κ2) is 6.69. The molecule has 1 aromatic carbocycles. The van der Waals surface area contributed by atoms with Crippen LogP contribution in [0.5, 0.6) is 5.75 Å². The Bertz CT molecular complexity index is 451. The van der Waals surface area contributed by atoms with Gasteiger partial charge in [-0.2, -0.15) is 0 Å². The maximum Gasteiger partial charge on any atom is 0.127 e. The Labute approximate surface area is 95.7 Å². The first-order valence-corrected chi connectivity index (χ1v) is 5.30. The third kappa shape index (κ3) is 3.14. The minimum absolute atomic E-state index is 0.614. The fourth-order valence-electron chi connectivity index (χ4n) is 1.39. The molecule has 1 rings (SSSR count). The summed E-state index contributed by atoms with van der Waals surface area (Å²) < 4.78 is 5.64. The molecule has 0 aliphatic heterocycles. The van der Waals surface area contributed by atoms with E-state index >= 15 is 0 Å². The van der Waals surface area contributed by atoms with Crippen molar-refractivity contribution in [2.45, 2.75) is 6.42 Å². The van der Waals surface area contributed by atoms with Crippen LogP contribution in [0.1, 0.15) is 6.42 Å². The van der Waals surface area contributed by atoms with Crippen molar-refractivity contribution in [2.24, 2.45) is 11.5 Å². The first kappa shape index (κ1) is 12.3. The SMILES string of the molecule is C=C/C=c1/c(OCCCN)ccc/c1=C/N. The molecule has 0 aliphatic carbocycles. The van der Waals surface area contributed by atoms with Crippen molar-refractivity contribution in [2.75, 3.05) is 13.2 Å². The van der Waals surface area contributed by atoms with Crippen LogP contribution in [0.15, 0.2) is 30.9 Å². The Balaban J connectivity index is 3.09. The molecule has 0 spiro atoms. The largest absolute Gasteiger partial charge is 0.493 e. The van der Waals surface area contributed by atoms with Gasteiger partial charge < -0.3 is 16.2 Å². The van der Waals surface area contributed by atoms with Crippen molar-refractivity contribution in [3.05, 3.63) is 41.3 Å². The molecule has 0 aromatic heterocycles. The quantitative estimate of drug-likeness (QED) is 0.688. The summed E-state index contributed by atoms with van der Waals surface area (Å²) >= 11 is 0. The van der Waals surface area contributed by atoms with Gasteiger partial charge in [-0.25, -0.2) is 0 Å². The molecule has 0 fully saturated rings. The summed E-state index contributed by atoms with van der Waals surface area (Å²) in [4.78, 5) is 0. The van der Waals surface area contributed by atoms with Gasteiger partial charge in [-0.15, -0.1) is 0 Å². The number of hydrogen-bond acceptors (Lipinski definition) is 3. The second-order valence-electron chi connectivity index (χ2n) is 3.32. The predicted molar refractivity (Wildman–Crippen MR) is 68.2 cm³/mol. The van der Waals surface area contributed by atoms with Gasteiger partial charge in [0.15, 0.2) is 0 Å². The number of allylic oxidation sites excluding steroid dienone is 1. The van der Waals surface area contributed by atoms with Crippen LogP contribution in [-0.4, -0.2) is 13.2 Å². The summed E-state index contributed by atoms with van der Waals surface area (Å²) in [6.07, 6.45) is 6.00. The smallest absolute Gasteiger partial charge is 0.127 e. The van der Waals surface area contributed by atoms with E-state index in [2.05, 4.69) is 6.58 Å². The van der Waals surface area contributed by atoms with E-state index in [1.807, 2.05) is 24.3 Å². The summed E-state index contributed by atoms with van der Waals surface area (Å²) in [5.41, 5.74) is 11.0. The lowest BCUT2D eigenvalue weighted by molar-refractivity contribution is 0.311. The maximum atomic E-state index is 5.64. The van der Waals surface area contributed by atoms with Crippen molar-refractivity contribution in [1.82, 2.24) is 0 Å². The van der Waals surface area contributed by atoms with E-state index in [0.29, 0.717) is 13.2 Å². The van der Waals surface area contributed by atoms with Crippen LogP contribution in [0.3, 0.4) is 0 Å². The van der Waals surface area contributed by atoms with Gasteiger partial charge in [0.1, 0.15) is 5.75 Å². The second-order valence-corrected chi connectivity index (χ2v) is 3.32. The zero-order valence-electron chi connectivity index (χ0n) is 9.36. The van der Waals surface area contributed by atoms with Crippen LogP contribution in [0.2, 0.25) is 0 Å². The molecular weight excluding hydrogens is 200 g/mol. The molecule has 0 aliphatic rings. The first-order valence-electron chi connectivity index (χ1n) is 5.30. The molecule has 0 unspecified atom stereocenters. The Morgan fingerprint density at radius 3 is 2.81 bits per heavy atom. The van der Waals surface area contributed by atoms with E-state index in [1.54, 1.807) is 12.3 Å². The molecule has 0 radical (unpaired) electrons. The molecule has 0 saturated carbocycles. The lowest BCUT2D eigenvalue weighted by Gasteiger charge is -2.06. The van der Waals surface area contributed by atoms with Crippen LogP contribution in [0.4, 0.5) is 0 Å². The highest BCUT2D eigenvalue weighted by Crippen LogP contribution is 2.00. The highest BCUT2D eigenvalue weighted by atomic mass is 16.5. The van der Waals surface area contributed by atoms with Crippen molar-refractivity contribution in [1.29, 1.82) is 0 Å². The normalized spacial score (nSPS) is 12.8. The van der Waals surface area contributed by atoms with Crippen LogP contribution in [0.25, 0.3) is 12.3 Å². The van der Waals surface area contributed by atoms with Crippen LogP contribution in [-0.2, 0) is 0 Å². The number of hydrogen-bond donors (Lipinski definition) is 2. The first-order chi connectivity index (χ1) is 7.83. The summed E-state index contributed by atoms with van der Waals surface area (Å²) in [6.45, 7) is 4.92. The topological polar surface area (TPSA) is 61.3 Å². The Hall–Kier alpha value is -1.74. The van der Waals surface area contributed by atoms with Gasteiger partial charge in [0, 0.05) is 16.6 Å². The minimum Gasteiger partial charge on any atom is -0.493 e. The molecular formula is C13H18N2O. The van der Waals surface area contributed by atoms with Gasteiger partial charge in [-0.3, -0.25) is 0 Å². The van der Waals surface area contributed by atoms with Crippen molar-refractivity contribution in [3.63, 3.8) is 0 Å². The summed E-state index contributed by atoms with van der Waals surface area (Å²) in [6, 6.07) is 5.76. The monoisotopic (exact) mass is 218 g/mol. The third-order valence-corrected chi connectivity index (χ3v) is 2.17. The van der Waals surface area contributed by atoms with Crippen molar-refractivity contribution in [3.8, 4) is 5.75 Å². The average molecular weight is 218 g/mol. The number of ether oxygens (including phenoxy) is 1. The van der Waals surface area contributed by atoms with Gasteiger partial charge in [0.05, 0.1) is 6.61 Å². The molecule has 4 N–H and O–H groups in total. The van der Waals surface area contributed by atoms with E-state index in [0.717, 1.165) is 22.6 Å². The number of benzene rings is 1. The summed E-state index contributed by atoms with van der Waals surface area (Å²) in [5, 5.41) is 1.89. The molecule has 0 saturated heterocycles. The van der Waals surface area contributed by atoms with Gasteiger partial charge in [-0.05, 0) is 19.0 Å². The fourth-order valence-corrected chi connectivity index (χ4v) is 1.39. The molecule has 0 amide bonds. The zero-order chi connectivity index (χ0) is 11.8.